The van der Waals surface area contributed by atoms with Crippen LogP contribution in [0.25, 0.3) is 0 Å². The van der Waals surface area contributed by atoms with Crippen molar-refractivity contribution < 1.29 is 12.9 Å². The van der Waals surface area contributed by atoms with E-state index in [2.05, 4.69) is 16.5 Å². The summed E-state index contributed by atoms with van der Waals surface area (Å²) in [5.41, 5.74) is -0.720. The van der Waals surface area contributed by atoms with E-state index in [0.29, 0.717) is 5.16 Å². The van der Waals surface area contributed by atoms with Crippen LogP contribution in [0.2, 0.25) is 0 Å². The molecule has 1 rings (SSSR count). The van der Waals surface area contributed by atoms with Gasteiger partial charge in [-0.15, -0.1) is 12.1 Å². The molecule has 1 aromatic rings. The van der Waals surface area contributed by atoms with Gasteiger partial charge in [0, 0.05) is 12.4 Å². The molecule has 0 aromatic carbocycles. The van der Waals surface area contributed by atoms with E-state index in [1.165, 1.54) is 12.4 Å². The number of hydrogen-bond donors (Lipinski definition) is 0. The van der Waals surface area contributed by atoms with Gasteiger partial charge in [0.25, 0.3) is 0 Å². The summed E-state index contributed by atoms with van der Waals surface area (Å²) in [6.07, 6.45) is 2.97. The van der Waals surface area contributed by atoms with Crippen molar-refractivity contribution in [2.75, 3.05) is 5.75 Å². The molecular formula is C7H7BF3N2S-. The molecule has 0 unspecified atom stereocenters. The Balaban J connectivity index is 2.46. The first-order chi connectivity index (χ1) is 6.50. The molecule has 0 saturated carbocycles. The van der Waals surface area contributed by atoms with E-state index < -0.39 is 12.4 Å². The maximum Gasteiger partial charge on any atom is 0.505 e. The Bertz CT molecular complexity index is 314. The smallest absolute Gasteiger partial charge is 0.445 e. The molecular weight excluding hydrogens is 212 g/mol. The lowest BCUT2D eigenvalue weighted by Gasteiger charge is -2.16. The van der Waals surface area contributed by atoms with Crippen molar-refractivity contribution in [3.8, 4) is 0 Å². The van der Waals surface area contributed by atoms with Crippen LogP contribution in [0.4, 0.5) is 12.9 Å². The molecule has 14 heavy (non-hydrogen) atoms. The maximum atomic E-state index is 12.1. The maximum absolute atomic E-state index is 12.1. The van der Waals surface area contributed by atoms with E-state index in [-0.39, 0.29) is 5.75 Å². The highest BCUT2D eigenvalue weighted by atomic mass is 32.2. The Morgan fingerprint density at radius 3 is 2.43 bits per heavy atom. The van der Waals surface area contributed by atoms with Crippen molar-refractivity contribution in [1.29, 1.82) is 0 Å². The second-order valence-corrected chi connectivity index (χ2v) is 3.50. The standard InChI is InChI=1S/C7H7BF3N2S/c1-6(8(9,10)11)5-14-7-12-3-2-4-13-7/h2-4H,1,5H2/q-1. The highest BCUT2D eigenvalue weighted by molar-refractivity contribution is 7.99. The molecule has 0 spiro atoms. The van der Waals surface area contributed by atoms with E-state index in [4.69, 9.17) is 0 Å². The molecule has 0 saturated heterocycles. The summed E-state index contributed by atoms with van der Waals surface area (Å²) in [5.74, 6) is -0.215. The summed E-state index contributed by atoms with van der Waals surface area (Å²) in [6, 6.07) is 1.60. The minimum atomic E-state index is -4.94. The Morgan fingerprint density at radius 1 is 1.36 bits per heavy atom. The quantitative estimate of drug-likeness (QED) is 0.442. The predicted octanol–water partition coefficient (Wildman–Crippen LogP) is 2.51. The van der Waals surface area contributed by atoms with Crippen molar-refractivity contribution in [1.82, 2.24) is 9.97 Å². The zero-order valence-corrected chi connectivity index (χ0v) is 7.98. The molecule has 0 amide bonds. The van der Waals surface area contributed by atoms with E-state index in [9.17, 15) is 12.9 Å². The molecule has 0 aliphatic heterocycles. The van der Waals surface area contributed by atoms with Gasteiger partial charge in [-0.25, -0.2) is 9.97 Å². The third kappa shape index (κ3) is 3.41. The first kappa shape index (κ1) is 11.1. The molecule has 0 aliphatic carbocycles. The van der Waals surface area contributed by atoms with Crippen LogP contribution >= 0.6 is 11.8 Å². The van der Waals surface area contributed by atoms with Gasteiger partial charge in [0.2, 0.25) is 0 Å². The van der Waals surface area contributed by atoms with E-state index >= 15 is 0 Å². The number of nitrogens with zero attached hydrogens (tertiary/aromatic N) is 2. The van der Waals surface area contributed by atoms with E-state index in [0.717, 1.165) is 11.8 Å². The minimum absolute atomic E-state index is 0.215. The van der Waals surface area contributed by atoms with Crippen LogP contribution in [-0.2, 0) is 0 Å². The molecule has 0 aliphatic rings. The van der Waals surface area contributed by atoms with Gasteiger partial charge < -0.3 is 12.9 Å². The third-order valence-electron chi connectivity index (χ3n) is 1.39. The van der Waals surface area contributed by atoms with E-state index in [1.54, 1.807) is 6.07 Å². The van der Waals surface area contributed by atoms with Crippen LogP contribution in [-0.4, -0.2) is 22.7 Å². The largest absolute Gasteiger partial charge is 0.505 e. The van der Waals surface area contributed by atoms with Crippen molar-refractivity contribution >= 4 is 18.7 Å². The average molecular weight is 219 g/mol. The summed E-state index contributed by atoms with van der Waals surface area (Å²) in [7, 11) is 0. The Morgan fingerprint density at radius 2 is 1.93 bits per heavy atom. The molecule has 7 heteroatoms. The van der Waals surface area contributed by atoms with Crippen molar-refractivity contribution in [2.24, 2.45) is 0 Å². The number of aromatic nitrogens is 2. The molecule has 0 fully saturated rings. The van der Waals surface area contributed by atoms with Crippen molar-refractivity contribution in [3.63, 3.8) is 0 Å². The number of halogens is 3. The van der Waals surface area contributed by atoms with Gasteiger partial charge in [-0.2, -0.15) is 0 Å². The SMILES string of the molecule is C=C(CSc1ncccn1)[B-](F)(F)F. The zero-order chi connectivity index (χ0) is 10.6. The molecule has 0 atom stereocenters. The molecule has 1 heterocycles. The van der Waals surface area contributed by atoms with Gasteiger partial charge in [-0.1, -0.05) is 11.8 Å². The molecule has 0 radical (unpaired) electrons. The van der Waals surface area contributed by atoms with Gasteiger partial charge in [-0.05, 0) is 11.8 Å². The van der Waals surface area contributed by atoms with Gasteiger partial charge >= 0.3 is 6.98 Å². The van der Waals surface area contributed by atoms with Crippen LogP contribution in [0.15, 0.2) is 35.7 Å². The first-order valence-corrected chi connectivity index (χ1v) is 4.76. The molecule has 0 bridgehead atoms. The summed E-state index contributed by atoms with van der Waals surface area (Å²) in [5, 5.41) is 0.328. The predicted molar refractivity (Wildman–Crippen MR) is 51.0 cm³/mol. The lowest BCUT2D eigenvalue weighted by molar-refractivity contribution is 0.491. The van der Waals surface area contributed by atoms with Gasteiger partial charge in [-0.3, -0.25) is 0 Å². The Kier molecular flexibility index (Phi) is 3.57. The fourth-order valence-electron chi connectivity index (χ4n) is 0.612. The van der Waals surface area contributed by atoms with Crippen LogP contribution in [0.3, 0.4) is 0 Å². The molecule has 1 aromatic heterocycles. The van der Waals surface area contributed by atoms with Crippen molar-refractivity contribution in [2.45, 2.75) is 5.16 Å². The fraction of sp³-hybridized carbons (Fsp3) is 0.143. The Hall–Kier alpha value is -0.975. The Labute approximate surface area is 83.7 Å². The summed E-state index contributed by atoms with van der Waals surface area (Å²) >= 11 is 0.929. The highest BCUT2D eigenvalue weighted by Gasteiger charge is 2.26. The first-order valence-electron chi connectivity index (χ1n) is 3.77. The molecule has 2 nitrogen and oxygen atoms in total. The number of rotatable bonds is 4. The van der Waals surface area contributed by atoms with Gasteiger partial charge in [0.15, 0.2) is 5.16 Å². The molecule has 0 N–H and O–H groups in total. The van der Waals surface area contributed by atoms with Crippen LogP contribution in [0.1, 0.15) is 0 Å². The van der Waals surface area contributed by atoms with Gasteiger partial charge in [0.05, 0.1) is 0 Å². The summed E-state index contributed by atoms with van der Waals surface area (Å²) < 4.78 is 36.2. The number of hydrogen-bond acceptors (Lipinski definition) is 3. The summed E-state index contributed by atoms with van der Waals surface area (Å²) in [6.45, 7) is -1.97. The van der Waals surface area contributed by atoms with Crippen molar-refractivity contribution in [3.05, 3.63) is 30.5 Å². The topological polar surface area (TPSA) is 25.8 Å². The third-order valence-corrected chi connectivity index (χ3v) is 2.38. The molecule has 76 valence electrons. The van der Waals surface area contributed by atoms with Crippen LogP contribution in [0, 0.1) is 0 Å². The fourth-order valence-corrected chi connectivity index (χ4v) is 1.39. The second-order valence-electron chi connectivity index (χ2n) is 2.55. The van der Waals surface area contributed by atoms with Gasteiger partial charge in [0.1, 0.15) is 0 Å². The van der Waals surface area contributed by atoms with E-state index in [1.807, 2.05) is 0 Å². The normalized spacial score (nSPS) is 11.4. The van der Waals surface area contributed by atoms with Crippen LogP contribution in [0.5, 0.6) is 0 Å². The number of thioether (sulfide) groups is 1. The lowest BCUT2D eigenvalue weighted by atomic mass is 9.82. The lowest BCUT2D eigenvalue weighted by Crippen LogP contribution is -2.20. The average Bonchev–Trinajstić information content (AvgIpc) is 2.14. The zero-order valence-electron chi connectivity index (χ0n) is 7.16. The summed E-state index contributed by atoms with van der Waals surface area (Å²) in [4.78, 5) is 7.57. The monoisotopic (exact) mass is 219 g/mol. The van der Waals surface area contributed by atoms with Crippen LogP contribution < -0.4 is 0 Å². The minimum Gasteiger partial charge on any atom is -0.445 e. The second kappa shape index (κ2) is 4.50. The highest BCUT2D eigenvalue weighted by Crippen LogP contribution is 2.24.